The van der Waals surface area contributed by atoms with Crippen molar-refractivity contribution < 1.29 is 28.8 Å². The molecule has 4 aromatic rings. The Hall–Kier alpha value is -3.01. The van der Waals surface area contributed by atoms with Crippen molar-refractivity contribution in [2.24, 2.45) is 0 Å². The lowest BCUT2D eigenvalue weighted by Crippen LogP contribution is -2.35. The number of aliphatic hydroxyl groups is 1. The first-order valence-electron chi connectivity index (χ1n) is 12.1. The highest BCUT2D eigenvalue weighted by molar-refractivity contribution is 6.34. The Labute approximate surface area is 218 Å². The predicted octanol–water partition coefficient (Wildman–Crippen LogP) is 5.59. The van der Waals surface area contributed by atoms with Crippen LogP contribution >= 0.6 is 11.6 Å². The van der Waals surface area contributed by atoms with E-state index in [2.05, 4.69) is 14.9 Å². The molecule has 2 aliphatic rings. The molecule has 0 aliphatic carbocycles. The molecular weight excluding hydrogens is 499 g/mol. The number of nitrogens with zero attached hydrogens (tertiary/aromatic N) is 1. The predicted molar refractivity (Wildman–Crippen MR) is 137 cm³/mol. The molecule has 37 heavy (non-hydrogen) atoms. The molecule has 0 bridgehead atoms. The summed E-state index contributed by atoms with van der Waals surface area (Å²) in [6.45, 7) is 3.92. The summed E-state index contributed by atoms with van der Waals surface area (Å²) in [6, 6.07) is 20.1. The van der Waals surface area contributed by atoms with Gasteiger partial charge >= 0.3 is 0 Å². The highest BCUT2D eigenvalue weighted by Crippen LogP contribution is 2.35. The van der Waals surface area contributed by atoms with Gasteiger partial charge in [-0.25, -0.2) is 0 Å². The highest BCUT2D eigenvalue weighted by Gasteiger charge is 2.50. The maximum atomic E-state index is 12.7. The number of imidazole rings is 1. The molecule has 6 rings (SSSR count). The Morgan fingerprint density at radius 1 is 0.946 bits per heavy atom. The Balaban J connectivity index is 1.21. The fraction of sp³-hybridized carbons (Fsp3) is 0.321. The third-order valence-electron chi connectivity index (χ3n) is 7.01. The van der Waals surface area contributed by atoms with Crippen LogP contribution in [0.1, 0.15) is 19.4 Å². The van der Waals surface area contributed by atoms with E-state index in [9.17, 15) is 9.63 Å². The molecule has 3 heterocycles. The van der Waals surface area contributed by atoms with Crippen LogP contribution in [0.25, 0.3) is 33.3 Å². The molecule has 9 heteroatoms. The zero-order valence-corrected chi connectivity index (χ0v) is 21.0. The third kappa shape index (κ3) is 4.60. The minimum atomic E-state index is -0.875. The molecule has 7 nitrogen and oxygen atoms in total. The van der Waals surface area contributed by atoms with Gasteiger partial charge in [-0.1, -0.05) is 60.1 Å². The van der Waals surface area contributed by atoms with E-state index in [0.29, 0.717) is 16.5 Å². The van der Waals surface area contributed by atoms with Crippen molar-refractivity contribution in [2.45, 2.75) is 43.9 Å². The highest BCUT2D eigenvalue weighted by atomic mass is 35.5. The van der Waals surface area contributed by atoms with Crippen molar-refractivity contribution in [2.75, 3.05) is 13.2 Å². The largest absolute Gasteiger partial charge is 0.456 e. The first-order chi connectivity index (χ1) is 17.8. The van der Waals surface area contributed by atoms with Gasteiger partial charge in [-0.2, -0.15) is 9.93 Å². The normalized spacial score (nSPS) is 23.5. The molecule has 2 aliphatic heterocycles. The van der Waals surface area contributed by atoms with Crippen molar-refractivity contribution in [3.63, 3.8) is 0 Å². The van der Waals surface area contributed by atoms with E-state index in [1.54, 1.807) is 13.8 Å². The number of aromatic amines is 1. The van der Waals surface area contributed by atoms with Gasteiger partial charge in [-0.05, 0) is 52.8 Å². The zero-order valence-electron chi connectivity index (χ0n) is 20.3. The van der Waals surface area contributed by atoms with E-state index in [1.807, 2.05) is 60.7 Å². The van der Waals surface area contributed by atoms with Gasteiger partial charge in [0.25, 0.3) is 6.01 Å². The number of rotatable bonds is 6. The van der Waals surface area contributed by atoms with E-state index in [-0.39, 0.29) is 13.2 Å². The lowest BCUT2D eigenvalue weighted by Gasteiger charge is -2.18. The van der Waals surface area contributed by atoms with Crippen LogP contribution in [-0.2, 0) is 20.0 Å². The van der Waals surface area contributed by atoms with Gasteiger partial charge in [0.2, 0.25) is 0 Å². The molecule has 0 spiro atoms. The summed E-state index contributed by atoms with van der Waals surface area (Å²) in [5, 5.41) is 10.8. The summed E-state index contributed by atoms with van der Waals surface area (Å²) in [6.07, 6.45) is -2.08. The number of H-pyrrole nitrogens is 1. The lowest BCUT2D eigenvalue weighted by atomic mass is 9.95. The average molecular weight is 525 g/mol. The van der Waals surface area contributed by atoms with Crippen molar-refractivity contribution >= 4 is 22.6 Å². The van der Waals surface area contributed by atoms with Crippen LogP contribution in [-0.4, -0.2) is 52.7 Å². The van der Waals surface area contributed by atoms with E-state index >= 15 is 0 Å². The molecular formula is C28H26ClFN2O5. The van der Waals surface area contributed by atoms with Crippen LogP contribution in [0.5, 0.6) is 6.01 Å². The number of halogens is 2. The number of hydrogen-bond donors (Lipinski definition) is 2. The number of fused-ring (bicyclic) bond motifs is 2. The summed E-state index contributed by atoms with van der Waals surface area (Å²) in [5.41, 5.74) is 5.35. The average Bonchev–Trinajstić information content (AvgIpc) is 3.59. The number of ether oxygens (including phenoxy) is 3. The topological polar surface area (TPSA) is 85.8 Å². The monoisotopic (exact) mass is 524 g/mol. The lowest BCUT2D eigenvalue weighted by molar-refractivity contribution is -0.201. The van der Waals surface area contributed by atoms with Gasteiger partial charge in [0.05, 0.1) is 34.9 Å². The minimum Gasteiger partial charge on any atom is -0.456 e. The molecule has 0 radical (unpaired) electrons. The summed E-state index contributed by atoms with van der Waals surface area (Å²) in [7, 11) is 0. The van der Waals surface area contributed by atoms with Crippen LogP contribution in [0.3, 0.4) is 0 Å². The van der Waals surface area contributed by atoms with Crippen molar-refractivity contribution in [3.8, 4) is 28.3 Å². The van der Waals surface area contributed by atoms with Gasteiger partial charge in [-0.15, -0.1) is 0 Å². The van der Waals surface area contributed by atoms with Gasteiger partial charge in [0, 0.05) is 5.56 Å². The van der Waals surface area contributed by atoms with Crippen LogP contribution < -0.4 is 4.74 Å². The summed E-state index contributed by atoms with van der Waals surface area (Å²) in [5.74, 6) is 0. The van der Waals surface area contributed by atoms with Crippen LogP contribution in [0.2, 0.25) is 5.02 Å². The van der Waals surface area contributed by atoms with Gasteiger partial charge in [-0.3, -0.25) is 0 Å². The second kappa shape index (κ2) is 9.38. The molecule has 0 saturated carbocycles. The molecule has 0 amide bonds. The molecule has 2 unspecified atom stereocenters. The van der Waals surface area contributed by atoms with E-state index in [4.69, 9.17) is 25.8 Å². The Kier molecular flexibility index (Phi) is 6.17. The summed E-state index contributed by atoms with van der Waals surface area (Å²) >= 11 is 6.64. The van der Waals surface area contributed by atoms with Crippen molar-refractivity contribution in [3.05, 3.63) is 71.2 Å². The molecule has 4 atom stereocenters. The van der Waals surface area contributed by atoms with Crippen molar-refractivity contribution in [1.29, 1.82) is 0 Å². The number of hydrogen-bond acceptors (Lipinski definition) is 6. The fourth-order valence-corrected chi connectivity index (χ4v) is 5.22. The molecule has 192 valence electrons. The number of aromatic nitrogens is 2. The molecule has 2 fully saturated rings. The van der Waals surface area contributed by atoms with Crippen LogP contribution in [0.15, 0.2) is 60.7 Å². The first kappa shape index (κ1) is 24.3. The van der Waals surface area contributed by atoms with Crippen molar-refractivity contribution in [1.82, 2.24) is 9.97 Å². The molecule has 2 saturated heterocycles. The second-order valence-electron chi connectivity index (χ2n) is 9.98. The Bertz CT molecular complexity index is 1420. The smallest absolute Gasteiger partial charge is 0.295 e. The SMILES string of the molecule is CC(C)(O)c1ccc(-c2ccc(-c3cc4nc(OC5CO[C@@H]6C(OF)CO[C@H]56)[nH]c4cc3Cl)cc2)cc1. The maximum Gasteiger partial charge on any atom is 0.295 e. The second-order valence-corrected chi connectivity index (χ2v) is 10.4. The number of benzene rings is 3. The third-order valence-corrected chi connectivity index (χ3v) is 7.32. The quantitative estimate of drug-likeness (QED) is 0.342. The van der Waals surface area contributed by atoms with Gasteiger partial charge < -0.3 is 24.3 Å². The van der Waals surface area contributed by atoms with Crippen LogP contribution in [0.4, 0.5) is 4.53 Å². The number of nitrogens with one attached hydrogen (secondary N) is 1. The Morgan fingerprint density at radius 2 is 1.54 bits per heavy atom. The standard InChI is InChI=1S/C28H26ClFN2O5/c1-28(2,33)18-9-7-16(8-10-18)15-3-5-17(6-4-15)19-11-21-22(12-20(19)29)32-27(31-21)36-23-13-34-26-24(37-30)14-35-25(23)26/h3-12,23-26,33H,13-14H2,1-2H3,(H,31,32)/t23?,24?,25-,26-/m1/s1. The Morgan fingerprint density at radius 3 is 2.19 bits per heavy atom. The van der Waals surface area contributed by atoms with E-state index < -0.39 is 30.0 Å². The van der Waals surface area contributed by atoms with Gasteiger partial charge in [0.1, 0.15) is 12.2 Å². The van der Waals surface area contributed by atoms with Crippen LogP contribution in [0, 0.1) is 0 Å². The molecule has 2 N–H and O–H groups in total. The van der Waals surface area contributed by atoms with Gasteiger partial charge in [0.15, 0.2) is 12.2 Å². The summed E-state index contributed by atoms with van der Waals surface area (Å²) < 4.78 is 29.9. The van der Waals surface area contributed by atoms with E-state index in [0.717, 1.165) is 33.3 Å². The molecule has 1 aromatic heterocycles. The fourth-order valence-electron chi connectivity index (χ4n) is 4.95. The first-order valence-corrected chi connectivity index (χ1v) is 12.5. The minimum absolute atomic E-state index is 0.121. The maximum absolute atomic E-state index is 12.7. The molecule has 3 aromatic carbocycles. The zero-order chi connectivity index (χ0) is 25.7. The summed E-state index contributed by atoms with van der Waals surface area (Å²) in [4.78, 5) is 11.7. The van der Waals surface area contributed by atoms with E-state index in [1.165, 1.54) is 0 Å².